The Kier molecular flexibility index (Phi) is 4.88. The molecule has 0 saturated carbocycles. The molecular weight excluding hydrogens is 241 g/mol. The first kappa shape index (κ1) is 14.4. The fraction of sp³-hybridized carbons (Fsp3) is 0.667. The highest BCUT2D eigenvalue weighted by Gasteiger charge is 2.30. The molecule has 0 spiro atoms. The van der Waals surface area contributed by atoms with Crippen LogP contribution in [0.4, 0.5) is 4.39 Å². The van der Waals surface area contributed by atoms with E-state index >= 15 is 0 Å². The summed E-state index contributed by atoms with van der Waals surface area (Å²) in [4.78, 5) is 6.46. The molecule has 2 rings (SSSR count). The maximum absolute atomic E-state index is 13.3. The summed E-state index contributed by atoms with van der Waals surface area (Å²) in [5.74, 6) is -0.250. The van der Waals surface area contributed by atoms with E-state index in [9.17, 15) is 4.39 Å². The molecule has 106 valence electrons. The van der Waals surface area contributed by atoms with Gasteiger partial charge in [-0.25, -0.2) is 4.39 Å². The van der Waals surface area contributed by atoms with Gasteiger partial charge < -0.3 is 5.32 Å². The first-order valence-electron chi connectivity index (χ1n) is 7.25. The first-order valence-corrected chi connectivity index (χ1v) is 7.25. The minimum Gasteiger partial charge on any atom is -0.311 e. The molecule has 1 saturated heterocycles. The molecule has 3 nitrogen and oxygen atoms in total. The SMILES string of the molecule is CCC1CN(C(C)c2cncc(F)c2)C(CC)CN1. The van der Waals surface area contributed by atoms with Gasteiger partial charge in [-0.3, -0.25) is 9.88 Å². The van der Waals surface area contributed by atoms with Gasteiger partial charge in [-0.1, -0.05) is 13.8 Å². The Morgan fingerprint density at radius 3 is 2.84 bits per heavy atom. The van der Waals surface area contributed by atoms with Crippen LogP contribution in [0.2, 0.25) is 0 Å². The molecule has 0 radical (unpaired) electrons. The molecule has 0 aliphatic carbocycles. The quantitative estimate of drug-likeness (QED) is 0.907. The lowest BCUT2D eigenvalue weighted by Gasteiger charge is -2.43. The van der Waals surface area contributed by atoms with Crippen LogP contribution in [-0.4, -0.2) is 35.1 Å². The van der Waals surface area contributed by atoms with Crippen molar-refractivity contribution < 1.29 is 4.39 Å². The second-order valence-electron chi connectivity index (χ2n) is 5.38. The van der Waals surface area contributed by atoms with Crippen molar-refractivity contribution in [2.24, 2.45) is 0 Å². The van der Waals surface area contributed by atoms with E-state index < -0.39 is 0 Å². The number of hydrogen-bond acceptors (Lipinski definition) is 3. The van der Waals surface area contributed by atoms with Crippen LogP contribution in [0.5, 0.6) is 0 Å². The van der Waals surface area contributed by atoms with Crippen molar-refractivity contribution in [3.8, 4) is 0 Å². The monoisotopic (exact) mass is 265 g/mol. The molecule has 3 atom stereocenters. The second-order valence-corrected chi connectivity index (χ2v) is 5.38. The molecule has 0 bridgehead atoms. The predicted octanol–water partition coefficient (Wildman–Crippen LogP) is 2.74. The van der Waals surface area contributed by atoms with Crippen molar-refractivity contribution in [2.45, 2.75) is 51.7 Å². The highest BCUT2D eigenvalue weighted by molar-refractivity contribution is 5.15. The van der Waals surface area contributed by atoms with E-state index in [1.807, 2.05) is 0 Å². The summed E-state index contributed by atoms with van der Waals surface area (Å²) in [6.45, 7) is 8.60. The first-order chi connectivity index (χ1) is 9.15. The Morgan fingerprint density at radius 1 is 1.42 bits per heavy atom. The summed E-state index contributed by atoms with van der Waals surface area (Å²) >= 11 is 0. The van der Waals surface area contributed by atoms with Crippen LogP contribution >= 0.6 is 0 Å². The normalized spacial score (nSPS) is 26.3. The van der Waals surface area contributed by atoms with Gasteiger partial charge in [0.25, 0.3) is 0 Å². The molecule has 2 heterocycles. The van der Waals surface area contributed by atoms with Crippen LogP contribution < -0.4 is 5.32 Å². The standard InChI is InChI=1S/C15H24FN3/c1-4-14-10-19(15(5-2)9-18-14)11(3)12-6-13(16)8-17-7-12/h6-8,11,14-15,18H,4-5,9-10H2,1-3H3. The maximum Gasteiger partial charge on any atom is 0.141 e. The number of hydrogen-bond donors (Lipinski definition) is 1. The third-order valence-electron chi connectivity index (χ3n) is 4.21. The van der Waals surface area contributed by atoms with Crippen molar-refractivity contribution >= 4 is 0 Å². The smallest absolute Gasteiger partial charge is 0.141 e. The fourth-order valence-corrected chi connectivity index (χ4v) is 2.86. The highest BCUT2D eigenvalue weighted by Crippen LogP contribution is 2.26. The summed E-state index contributed by atoms with van der Waals surface area (Å²) in [5.41, 5.74) is 0.968. The van der Waals surface area contributed by atoms with Gasteiger partial charge in [0.2, 0.25) is 0 Å². The number of aromatic nitrogens is 1. The third kappa shape index (κ3) is 3.31. The number of nitrogens with zero attached hydrogens (tertiary/aromatic N) is 2. The van der Waals surface area contributed by atoms with Crippen molar-refractivity contribution in [3.63, 3.8) is 0 Å². The predicted molar refractivity (Wildman–Crippen MR) is 75.5 cm³/mol. The minimum absolute atomic E-state index is 0.212. The van der Waals surface area contributed by atoms with E-state index in [4.69, 9.17) is 0 Å². The topological polar surface area (TPSA) is 28.2 Å². The zero-order valence-electron chi connectivity index (χ0n) is 12.1. The number of nitrogens with one attached hydrogen (secondary N) is 1. The van der Waals surface area contributed by atoms with E-state index in [-0.39, 0.29) is 11.9 Å². The summed E-state index contributed by atoms with van der Waals surface area (Å²) in [6.07, 6.45) is 5.28. The van der Waals surface area contributed by atoms with Gasteiger partial charge in [-0.2, -0.15) is 0 Å². The fourth-order valence-electron chi connectivity index (χ4n) is 2.86. The molecular formula is C15H24FN3. The summed E-state index contributed by atoms with van der Waals surface area (Å²) in [6, 6.07) is 2.87. The van der Waals surface area contributed by atoms with Crippen LogP contribution in [0.1, 0.15) is 45.2 Å². The maximum atomic E-state index is 13.3. The Hall–Kier alpha value is -1.00. The Bertz CT molecular complexity index is 410. The Labute approximate surface area is 115 Å². The van der Waals surface area contributed by atoms with Gasteiger partial charge in [0.05, 0.1) is 6.20 Å². The van der Waals surface area contributed by atoms with Crippen molar-refractivity contribution in [3.05, 3.63) is 29.8 Å². The molecule has 1 fully saturated rings. The number of halogens is 1. The molecule has 1 aromatic heterocycles. The summed E-state index contributed by atoms with van der Waals surface area (Å²) < 4.78 is 13.3. The molecule has 0 amide bonds. The van der Waals surface area contributed by atoms with Gasteiger partial charge in [-0.15, -0.1) is 0 Å². The summed E-state index contributed by atoms with van der Waals surface area (Å²) in [5, 5.41) is 3.59. The third-order valence-corrected chi connectivity index (χ3v) is 4.21. The average Bonchev–Trinajstić information content (AvgIpc) is 2.45. The van der Waals surface area contributed by atoms with E-state index in [0.717, 1.165) is 31.5 Å². The Balaban J connectivity index is 2.16. The lowest BCUT2D eigenvalue weighted by Crippen LogP contribution is -2.56. The van der Waals surface area contributed by atoms with Crippen LogP contribution in [-0.2, 0) is 0 Å². The van der Waals surface area contributed by atoms with Crippen molar-refractivity contribution in [1.29, 1.82) is 0 Å². The van der Waals surface area contributed by atoms with Gasteiger partial charge >= 0.3 is 0 Å². The zero-order chi connectivity index (χ0) is 13.8. The van der Waals surface area contributed by atoms with Gasteiger partial charge in [0.1, 0.15) is 5.82 Å². The lowest BCUT2D eigenvalue weighted by atomic mass is 10.00. The van der Waals surface area contributed by atoms with E-state index in [0.29, 0.717) is 12.1 Å². The average molecular weight is 265 g/mol. The van der Waals surface area contributed by atoms with Crippen molar-refractivity contribution in [1.82, 2.24) is 15.2 Å². The highest BCUT2D eigenvalue weighted by atomic mass is 19.1. The summed E-state index contributed by atoms with van der Waals surface area (Å²) in [7, 11) is 0. The van der Waals surface area contributed by atoms with Crippen LogP contribution in [0.3, 0.4) is 0 Å². The van der Waals surface area contributed by atoms with Crippen LogP contribution in [0.15, 0.2) is 18.5 Å². The largest absolute Gasteiger partial charge is 0.311 e. The number of piperazine rings is 1. The molecule has 1 aromatic rings. The molecule has 3 unspecified atom stereocenters. The van der Waals surface area contributed by atoms with E-state index in [1.165, 1.54) is 6.20 Å². The lowest BCUT2D eigenvalue weighted by molar-refractivity contribution is 0.0847. The second kappa shape index (κ2) is 6.44. The minimum atomic E-state index is -0.250. The zero-order valence-corrected chi connectivity index (χ0v) is 12.1. The molecule has 19 heavy (non-hydrogen) atoms. The molecule has 4 heteroatoms. The van der Waals surface area contributed by atoms with Crippen LogP contribution in [0, 0.1) is 5.82 Å². The van der Waals surface area contributed by atoms with Gasteiger partial charge in [-0.05, 0) is 31.4 Å². The van der Waals surface area contributed by atoms with Gasteiger partial charge in [0.15, 0.2) is 0 Å². The molecule has 1 N–H and O–H groups in total. The number of rotatable bonds is 4. The number of pyridine rings is 1. The molecule has 1 aliphatic heterocycles. The van der Waals surface area contributed by atoms with E-state index in [2.05, 4.69) is 36.0 Å². The van der Waals surface area contributed by atoms with Gasteiger partial charge in [0, 0.05) is 37.4 Å². The molecule has 0 aromatic carbocycles. The van der Waals surface area contributed by atoms with E-state index in [1.54, 1.807) is 12.3 Å². The Morgan fingerprint density at radius 2 is 2.21 bits per heavy atom. The van der Waals surface area contributed by atoms with Crippen LogP contribution in [0.25, 0.3) is 0 Å². The van der Waals surface area contributed by atoms with Crippen molar-refractivity contribution in [2.75, 3.05) is 13.1 Å². The molecule has 1 aliphatic rings.